The second kappa shape index (κ2) is 3.72. The fourth-order valence-corrected chi connectivity index (χ4v) is 1.73. The second-order valence-electron chi connectivity index (χ2n) is 3.94. The lowest BCUT2D eigenvalue weighted by Gasteiger charge is -2.24. The highest BCUT2D eigenvalue weighted by atomic mass is 19.1. The number of benzene rings is 1. The summed E-state index contributed by atoms with van der Waals surface area (Å²) in [6.07, 6.45) is 1.66. The van der Waals surface area contributed by atoms with Crippen LogP contribution >= 0.6 is 0 Å². The molecule has 0 atom stereocenters. The molecule has 3 rings (SSSR count). The van der Waals surface area contributed by atoms with Crippen LogP contribution in [0.4, 0.5) is 4.39 Å². The zero-order valence-electron chi connectivity index (χ0n) is 8.61. The normalized spacial score (nSPS) is 16.1. The van der Waals surface area contributed by atoms with E-state index in [0.29, 0.717) is 17.4 Å². The van der Waals surface area contributed by atoms with Gasteiger partial charge in [-0.25, -0.2) is 9.37 Å². The fourth-order valence-electron chi connectivity index (χ4n) is 1.73. The highest BCUT2D eigenvalue weighted by Gasteiger charge is 2.22. The molecule has 0 saturated carbocycles. The van der Waals surface area contributed by atoms with E-state index in [9.17, 15) is 4.39 Å². The largest absolute Gasteiger partial charge is 0.444 e. The SMILES string of the molecule is Fc1cccc(-c2nc(C3CNC3)co2)c1. The van der Waals surface area contributed by atoms with Crippen LogP contribution in [0.3, 0.4) is 0 Å². The first-order chi connectivity index (χ1) is 7.83. The summed E-state index contributed by atoms with van der Waals surface area (Å²) in [6, 6.07) is 6.27. The molecular weight excluding hydrogens is 207 g/mol. The Bertz CT molecular complexity index is 505. The minimum absolute atomic E-state index is 0.275. The Kier molecular flexibility index (Phi) is 2.22. The fraction of sp³-hybridized carbons (Fsp3) is 0.250. The van der Waals surface area contributed by atoms with E-state index in [1.54, 1.807) is 18.4 Å². The van der Waals surface area contributed by atoms with Crippen LogP contribution in [0.1, 0.15) is 11.6 Å². The molecule has 0 spiro atoms. The molecule has 1 aromatic carbocycles. The van der Waals surface area contributed by atoms with Crippen LogP contribution in [0.2, 0.25) is 0 Å². The molecule has 1 aliphatic heterocycles. The van der Waals surface area contributed by atoms with Crippen molar-refractivity contribution in [3.05, 3.63) is 42.0 Å². The van der Waals surface area contributed by atoms with E-state index < -0.39 is 0 Å². The molecule has 4 heteroatoms. The van der Waals surface area contributed by atoms with Gasteiger partial charge < -0.3 is 9.73 Å². The van der Waals surface area contributed by atoms with Crippen molar-refractivity contribution in [1.29, 1.82) is 0 Å². The van der Waals surface area contributed by atoms with Crippen LogP contribution in [-0.2, 0) is 0 Å². The quantitative estimate of drug-likeness (QED) is 0.839. The van der Waals surface area contributed by atoms with E-state index in [1.807, 2.05) is 0 Å². The number of rotatable bonds is 2. The maximum atomic E-state index is 13.0. The van der Waals surface area contributed by atoms with Crippen molar-refractivity contribution >= 4 is 0 Å². The average Bonchev–Trinajstić information content (AvgIpc) is 2.64. The smallest absolute Gasteiger partial charge is 0.226 e. The zero-order valence-corrected chi connectivity index (χ0v) is 8.61. The summed E-state index contributed by atoms with van der Waals surface area (Å²) in [5, 5.41) is 3.18. The first-order valence-corrected chi connectivity index (χ1v) is 5.25. The monoisotopic (exact) mass is 218 g/mol. The molecule has 3 nitrogen and oxygen atoms in total. The predicted molar refractivity (Wildman–Crippen MR) is 57.5 cm³/mol. The Labute approximate surface area is 92.3 Å². The van der Waals surface area contributed by atoms with Crippen molar-refractivity contribution in [3.8, 4) is 11.5 Å². The summed E-state index contributed by atoms with van der Waals surface area (Å²) in [7, 11) is 0. The average molecular weight is 218 g/mol. The highest BCUT2D eigenvalue weighted by molar-refractivity contribution is 5.53. The molecule has 0 radical (unpaired) electrons. The number of nitrogens with one attached hydrogen (secondary N) is 1. The van der Waals surface area contributed by atoms with E-state index in [-0.39, 0.29) is 5.82 Å². The Morgan fingerprint density at radius 3 is 2.94 bits per heavy atom. The first-order valence-electron chi connectivity index (χ1n) is 5.25. The Hall–Kier alpha value is -1.68. The van der Waals surface area contributed by atoms with Gasteiger partial charge in [0.1, 0.15) is 12.1 Å². The molecule has 0 amide bonds. The number of hydrogen-bond donors (Lipinski definition) is 1. The Morgan fingerprint density at radius 2 is 2.25 bits per heavy atom. The highest BCUT2D eigenvalue weighted by Crippen LogP contribution is 2.24. The van der Waals surface area contributed by atoms with Gasteiger partial charge in [0.15, 0.2) is 0 Å². The van der Waals surface area contributed by atoms with Crippen LogP contribution in [-0.4, -0.2) is 18.1 Å². The van der Waals surface area contributed by atoms with Crippen LogP contribution < -0.4 is 5.32 Å². The van der Waals surface area contributed by atoms with E-state index >= 15 is 0 Å². The Balaban J connectivity index is 1.91. The molecule has 2 aromatic rings. The van der Waals surface area contributed by atoms with Crippen LogP contribution in [0.25, 0.3) is 11.5 Å². The zero-order chi connectivity index (χ0) is 11.0. The topological polar surface area (TPSA) is 38.1 Å². The molecule has 1 aromatic heterocycles. The lowest BCUT2D eigenvalue weighted by atomic mass is 10.0. The van der Waals surface area contributed by atoms with E-state index in [4.69, 9.17) is 4.42 Å². The molecule has 0 aliphatic carbocycles. The van der Waals surface area contributed by atoms with E-state index in [2.05, 4.69) is 10.3 Å². The molecule has 2 heterocycles. The molecule has 16 heavy (non-hydrogen) atoms. The lowest BCUT2D eigenvalue weighted by Crippen LogP contribution is -2.40. The standard InChI is InChI=1S/C12H11FN2O/c13-10-3-1-2-8(4-10)12-15-11(7-16-12)9-5-14-6-9/h1-4,7,9,14H,5-6H2. The summed E-state index contributed by atoms with van der Waals surface area (Å²) in [5.74, 6) is 0.648. The number of oxazole rings is 1. The third-order valence-corrected chi connectivity index (χ3v) is 2.79. The van der Waals surface area contributed by atoms with Gasteiger partial charge in [-0.1, -0.05) is 6.07 Å². The predicted octanol–water partition coefficient (Wildman–Crippen LogP) is 2.17. The molecule has 0 unspecified atom stereocenters. The van der Waals surface area contributed by atoms with Crippen molar-refractivity contribution in [2.75, 3.05) is 13.1 Å². The van der Waals surface area contributed by atoms with Gasteiger partial charge in [-0.05, 0) is 18.2 Å². The number of halogens is 1. The third kappa shape index (κ3) is 1.61. The summed E-state index contributed by atoms with van der Waals surface area (Å²) in [4.78, 5) is 4.37. The minimum atomic E-state index is -0.275. The second-order valence-corrected chi connectivity index (χ2v) is 3.94. The van der Waals surface area contributed by atoms with Gasteiger partial charge in [0, 0.05) is 24.6 Å². The summed E-state index contributed by atoms with van der Waals surface area (Å²) in [6.45, 7) is 1.88. The summed E-state index contributed by atoms with van der Waals surface area (Å²) < 4.78 is 18.4. The summed E-state index contributed by atoms with van der Waals surface area (Å²) in [5.41, 5.74) is 1.62. The molecule has 1 aliphatic rings. The molecule has 1 N–H and O–H groups in total. The molecule has 1 saturated heterocycles. The van der Waals surface area contributed by atoms with Crippen molar-refractivity contribution in [1.82, 2.24) is 10.3 Å². The van der Waals surface area contributed by atoms with Gasteiger partial charge in [-0.2, -0.15) is 0 Å². The van der Waals surface area contributed by atoms with Gasteiger partial charge in [0.05, 0.1) is 5.69 Å². The number of aromatic nitrogens is 1. The maximum Gasteiger partial charge on any atom is 0.226 e. The molecule has 1 fully saturated rings. The molecule has 0 bridgehead atoms. The molecule has 82 valence electrons. The van der Waals surface area contributed by atoms with Gasteiger partial charge in [-0.15, -0.1) is 0 Å². The van der Waals surface area contributed by atoms with Crippen LogP contribution in [0.5, 0.6) is 0 Å². The summed E-state index contributed by atoms with van der Waals surface area (Å²) >= 11 is 0. The first kappa shape index (κ1) is 9.54. The third-order valence-electron chi connectivity index (χ3n) is 2.79. The minimum Gasteiger partial charge on any atom is -0.444 e. The van der Waals surface area contributed by atoms with Crippen molar-refractivity contribution in [3.63, 3.8) is 0 Å². The van der Waals surface area contributed by atoms with Crippen LogP contribution in [0, 0.1) is 5.82 Å². The van der Waals surface area contributed by atoms with Crippen molar-refractivity contribution in [2.24, 2.45) is 0 Å². The lowest BCUT2D eigenvalue weighted by molar-refractivity contribution is 0.438. The van der Waals surface area contributed by atoms with Gasteiger partial charge in [0.25, 0.3) is 0 Å². The van der Waals surface area contributed by atoms with Crippen molar-refractivity contribution < 1.29 is 8.81 Å². The van der Waals surface area contributed by atoms with Gasteiger partial charge in [0.2, 0.25) is 5.89 Å². The van der Waals surface area contributed by atoms with Crippen molar-refractivity contribution in [2.45, 2.75) is 5.92 Å². The van der Waals surface area contributed by atoms with E-state index in [0.717, 1.165) is 18.8 Å². The number of hydrogen-bond acceptors (Lipinski definition) is 3. The van der Waals surface area contributed by atoms with Gasteiger partial charge >= 0.3 is 0 Å². The maximum absolute atomic E-state index is 13.0. The van der Waals surface area contributed by atoms with Crippen LogP contribution in [0.15, 0.2) is 34.9 Å². The van der Waals surface area contributed by atoms with Gasteiger partial charge in [-0.3, -0.25) is 0 Å². The van der Waals surface area contributed by atoms with E-state index in [1.165, 1.54) is 12.1 Å². The molecular formula is C12H11FN2O. The number of nitrogens with zero attached hydrogens (tertiary/aromatic N) is 1. The Morgan fingerprint density at radius 1 is 1.38 bits per heavy atom.